The maximum Gasteiger partial charge on any atom is 0.338 e. The topological polar surface area (TPSA) is 46.5 Å². The number of carbonyl (C=O) groups excluding carboxylic acids is 1. The Hall–Kier alpha value is -1.51. The molecule has 1 aromatic rings. The predicted octanol–water partition coefficient (Wildman–Crippen LogP) is 2.91. The fourth-order valence-electron chi connectivity index (χ4n) is 1.56. The van der Waals surface area contributed by atoms with Gasteiger partial charge in [0.05, 0.1) is 12.2 Å². The van der Waals surface area contributed by atoms with Crippen LogP contribution in [0.2, 0.25) is 0 Å². The maximum atomic E-state index is 11.6. The molecule has 0 atom stereocenters. The molecule has 0 aliphatic carbocycles. The Balaban J connectivity index is 2.92. The summed E-state index contributed by atoms with van der Waals surface area (Å²) in [6, 6.07) is 4.78. The van der Waals surface area contributed by atoms with Crippen molar-refractivity contribution in [2.75, 3.05) is 6.61 Å². The molecule has 1 rings (SSSR count). The zero-order valence-corrected chi connectivity index (χ0v) is 9.82. The van der Waals surface area contributed by atoms with E-state index in [0.29, 0.717) is 12.2 Å². The van der Waals surface area contributed by atoms with Gasteiger partial charge in [-0.3, -0.25) is 0 Å². The van der Waals surface area contributed by atoms with Crippen LogP contribution in [0.4, 0.5) is 0 Å². The Morgan fingerprint density at radius 1 is 1.38 bits per heavy atom. The molecule has 0 heterocycles. The monoisotopic (exact) mass is 222 g/mol. The quantitative estimate of drug-likeness (QED) is 0.779. The number of aromatic hydroxyl groups is 1. The maximum absolute atomic E-state index is 11.6. The summed E-state index contributed by atoms with van der Waals surface area (Å²) in [5.41, 5.74) is 1.42. The zero-order chi connectivity index (χ0) is 12.0. The van der Waals surface area contributed by atoms with Crippen molar-refractivity contribution in [1.82, 2.24) is 0 Å². The molecule has 1 aromatic carbocycles. The van der Waals surface area contributed by atoms with Crippen LogP contribution in [0.1, 0.15) is 42.6 Å². The minimum Gasteiger partial charge on any atom is -0.508 e. The lowest BCUT2D eigenvalue weighted by Gasteiger charge is -2.08. The van der Waals surface area contributed by atoms with Crippen molar-refractivity contribution in [2.45, 2.75) is 33.1 Å². The number of benzene rings is 1. The Morgan fingerprint density at radius 2 is 2.12 bits per heavy atom. The molecule has 88 valence electrons. The lowest BCUT2D eigenvalue weighted by atomic mass is 10.0. The Morgan fingerprint density at radius 3 is 2.75 bits per heavy atom. The number of rotatable bonds is 5. The van der Waals surface area contributed by atoms with Crippen LogP contribution in [0.5, 0.6) is 5.75 Å². The van der Waals surface area contributed by atoms with E-state index in [9.17, 15) is 9.90 Å². The molecule has 0 aliphatic rings. The van der Waals surface area contributed by atoms with Gasteiger partial charge in [-0.25, -0.2) is 4.79 Å². The first-order chi connectivity index (χ1) is 7.69. The van der Waals surface area contributed by atoms with Crippen LogP contribution < -0.4 is 0 Å². The number of carbonyl (C=O) groups is 1. The summed E-state index contributed by atoms with van der Waals surface area (Å²) < 4.78 is 4.97. The fourth-order valence-corrected chi connectivity index (χ4v) is 1.56. The molecule has 0 aromatic heterocycles. The lowest BCUT2D eigenvalue weighted by molar-refractivity contribution is 0.0525. The molecule has 0 spiro atoms. The Labute approximate surface area is 96.1 Å². The van der Waals surface area contributed by atoms with Crippen molar-refractivity contribution in [3.05, 3.63) is 29.3 Å². The number of hydrogen-bond donors (Lipinski definition) is 1. The summed E-state index contributed by atoms with van der Waals surface area (Å²) in [6.45, 7) is 4.24. The van der Waals surface area contributed by atoms with Crippen LogP contribution in [0.15, 0.2) is 18.2 Å². The van der Waals surface area contributed by atoms with E-state index in [1.165, 1.54) is 6.07 Å². The molecule has 0 unspecified atom stereocenters. The second-order valence-electron chi connectivity index (χ2n) is 3.67. The third-order valence-electron chi connectivity index (χ3n) is 2.38. The van der Waals surface area contributed by atoms with E-state index in [1.54, 1.807) is 19.1 Å². The van der Waals surface area contributed by atoms with E-state index in [1.807, 2.05) is 0 Å². The van der Waals surface area contributed by atoms with Gasteiger partial charge in [0.2, 0.25) is 0 Å². The molecule has 0 fully saturated rings. The van der Waals surface area contributed by atoms with Crippen LogP contribution in [-0.2, 0) is 11.2 Å². The smallest absolute Gasteiger partial charge is 0.338 e. The average molecular weight is 222 g/mol. The van der Waals surface area contributed by atoms with Crippen molar-refractivity contribution in [3.63, 3.8) is 0 Å². The van der Waals surface area contributed by atoms with Gasteiger partial charge in [-0.2, -0.15) is 0 Å². The van der Waals surface area contributed by atoms with Gasteiger partial charge in [0.1, 0.15) is 5.75 Å². The molecular formula is C13H18O3. The van der Waals surface area contributed by atoms with Crippen LogP contribution >= 0.6 is 0 Å². The molecule has 3 nitrogen and oxygen atoms in total. The van der Waals surface area contributed by atoms with Gasteiger partial charge in [0, 0.05) is 0 Å². The first kappa shape index (κ1) is 12.6. The minimum absolute atomic E-state index is 0.194. The van der Waals surface area contributed by atoms with Crippen LogP contribution in [0.3, 0.4) is 0 Å². The summed E-state index contributed by atoms with van der Waals surface area (Å²) in [5, 5.41) is 9.40. The summed E-state index contributed by atoms with van der Waals surface area (Å²) in [4.78, 5) is 11.6. The normalized spacial score (nSPS) is 10.1. The molecule has 0 amide bonds. The van der Waals surface area contributed by atoms with E-state index in [0.717, 1.165) is 24.8 Å². The van der Waals surface area contributed by atoms with Crippen molar-refractivity contribution < 1.29 is 14.6 Å². The second kappa shape index (κ2) is 6.16. The SMILES string of the molecule is CCCCc1cc(O)ccc1C(=O)OCC. The van der Waals surface area contributed by atoms with E-state index < -0.39 is 0 Å². The number of aryl methyl sites for hydroxylation is 1. The van der Waals surface area contributed by atoms with Gasteiger partial charge in [0.25, 0.3) is 0 Å². The highest BCUT2D eigenvalue weighted by Gasteiger charge is 2.12. The minimum atomic E-state index is -0.311. The van der Waals surface area contributed by atoms with E-state index >= 15 is 0 Å². The molecule has 3 heteroatoms. The van der Waals surface area contributed by atoms with E-state index in [-0.39, 0.29) is 11.7 Å². The predicted molar refractivity (Wildman–Crippen MR) is 62.7 cm³/mol. The molecule has 16 heavy (non-hydrogen) atoms. The third kappa shape index (κ3) is 3.26. The summed E-state index contributed by atoms with van der Waals surface area (Å²) in [7, 11) is 0. The number of unbranched alkanes of at least 4 members (excludes halogenated alkanes) is 1. The van der Waals surface area contributed by atoms with E-state index in [4.69, 9.17) is 4.74 Å². The summed E-state index contributed by atoms with van der Waals surface area (Å²) in [6.07, 6.45) is 2.84. The van der Waals surface area contributed by atoms with Crippen molar-refractivity contribution in [3.8, 4) is 5.75 Å². The highest BCUT2D eigenvalue weighted by molar-refractivity contribution is 5.91. The van der Waals surface area contributed by atoms with Crippen LogP contribution in [-0.4, -0.2) is 17.7 Å². The molecular weight excluding hydrogens is 204 g/mol. The van der Waals surface area contributed by atoms with Crippen molar-refractivity contribution in [2.24, 2.45) is 0 Å². The van der Waals surface area contributed by atoms with Gasteiger partial charge in [-0.1, -0.05) is 13.3 Å². The van der Waals surface area contributed by atoms with Crippen molar-refractivity contribution in [1.29, 1.82) is 0 Å². The Bertz CT molecular complexity index is 358. The molecule has 0 saturated heterocycles. The van der Waals surface area contributed by atoms with Crippen LogP contribution in [0.25, 0.3) is 0 Å². The van der Waals surface area contributed by atoms with Crippen molar-refractivity contribution >= 4 is 5.97 Å². The average Bonchev–Trinajstić information content (AvgIpc) is 2.26. The number of esters is 1. The van der Waals surface area contributed by atoms with Gasteiger partial charge >= 0.3 is 5.97 Å². The molecule has 0 aliphatic heterocycles. The summed E-state index contributed by atoms with van der Waals surface area (Å²) in [5.74, 6) is -0.118. The first-order valence-corrected chi connectivity index (χ1v) is 5.68. The zero-order valence-electron chi connectivity index (χ0n) is 9.82. The molecule has 0 radical (unpaired) electrons. The Kier molecular flexibility index (Phi) is 4.83. The first-order valence-electron chi connectivity index (χ1n) is 5.68. The highest BCUT2D eigenvalue weighted by atomic mass is 16.5. The van der Waals surface area contributed by atoms with Gasteiger partial charge in [0.15, 0.2) is 0 Å². The van der Waals surface area contributed by atoms with Gasteiger partial charge in [-0.15, -0.1) is 0 Å². The standard InChI is InChI=1S/C13H18O3/c1-3-5-6-10-9-11(14)7-8-12(10)13(15)16-4-2/h7-9,14H,3-6H2,1-2H3. The fraction of sp³-hybridized carbons (Fsp3) is 0.462. The van der Waals surface area contributed by atoms with Gasteiger partial charge < -0.3 is 9.84 Å². The van der Waals surface area contributed by atoms with E-state index in [2.05, 4.69) is 6.92 Å². The lowest BCUT2D eigenvalue weighted by Crippen LogP contribution is -2.08. The van der Waals surface area contributed by atoms with Crippen LogP contribution in [0, 0.1) is 0 Å². The third-order valence-corrected chi connectivity index (χ3v) is 2.38. The number of ether oxygens (including phenoxy) is 1. The molecule has 0 saturated carbocycles. The molecule has 1 N–H and O–H groups in total. The second-order valence-corrected chi connectivity index (χ2v) is 3.67. The largest absolute Gasteiger partial charge is 0.508 e. The molecule has 0 bridgehead atoms. The number of hydrogen-bond acceptors (Lipinski definition) is 3. The number of phenols is 1. The number of phenolic OH excluding ortho intramolecular Hbond substituents is 1. The van der Waals surface area contributed by atoms with Gasteiger partial charge in [-0.05, 0) is 43.5 Å². The highest BCUT2D eigenvalue weighted by Crippen LogP contribution is 2.19. The summed E-state index contributed by atoms with van der Waals surface area (Å²) >= 11 is 0.